The van der Waals surface area contributed by atoms with E-state index in [9.17, 15) is 0 Å². The topological polar surface area (TPSA) is 32.5 Å². The Bertz CT molecular complexity index is 414. The maximum Gasteiger partial charge on any atom is 0.0471 e. The van der Waals surface area contributed by atoms with Crippen LogP contribution >= 0.6 is 11.6 Å². The fourth-order valence-corrected chi connectivity index (χ4v) is 2.98. The van der Waals surface area contributed by atoms with Crippen molar-refractivity contribution in [1.82, 2.24) is 9.80 Å². The predicted molar refractivity (Wildman–Crippen MR) is 82.4 cm³/mol. The van der Waals surface area contributed by atoms with E-state index in [0.717, 1.165) is 35.3 Å². The van der Waals surface area contributed by atoms with Gasteiger partial charge in [-0.2, -0.15) is 0 Å². The van der Waals surface area contributed by atoms with Gasteiger partial charge in [-0.1, -0.05) is 17.7 Å². The second-order valence-electron chi connectivity index (χ2n) is 5.79. The molecule has 1 saturated heterocycles. The van der Waals surface area contributed by atoms with Crippen molar-refractivity contribution in [2.75, 3.05) is 39.5 Å². The molecule has 1 aromatic carbocycles. The number of nitrogen functional groups attached to an aromatic ring is 1. The summed E-state index contributed by atoms with van der Waals surface area (Å²) in [5.74, 6) is 0.814. The highest BCUT2D eigenvalue weighted by Crippen LogP contribution is 2.22. The van der Waals surface area contributed by atoms with E-state index in [2.05, 4.69) is 23.9 Å². The van der Waals surface area contributed by atoms with Gasteiger partial charge < -0.3 is 15.5 Å². The van der Waals surface area contributed by atoms with Gasteiger partial charge in [-0.25, -0.2) is 0 Å². The molecule has 0 aliphatic carbocycles. The van der Waals surface area contributed by atoms with Gasteiger partial charge in [-0.3, -0.25) is 0 Å². The number of piperidine rings is 1. The molecular formula is C15H24ClN3. The van der Waals surface area contributed by atoms with Crippen LogP contribution in [0.25, 0.3) is 0 Å². The molecule has 4 heteroatoms. The number of hydrogen-bond acceptors (Lipinski definition) is 3. The van der Waals surface area contributed by atoms with Crippen molar-refractivity contribution in [2.45, 2.75) is 19.4 Å². The lowest BCUT2D eigenvalue weighted by Crippen LogP contribution is -2.35. The summed E-state index contributed by atoms with van der Waals surface area (Å²) in [7, 11) is 4.37. The van der Waals surface area contributed by atoms with Crippen LogP contribution in [0.1, 0.15) is 18.4 Å². The van der Waals surface area contributed by atoms with Gasteiger partial charge in [0.2, 0.25) is 0 Å². The van der Waals surface area contributed by atoms with E-state index in [4.69, 9.17) is 17.3 Å². The largest absolute Gasteiger partial charge is 0.399 e. The van der Waals surface area contributed by atoms with Crippen molar-refractivity contribution in [3.8, 4) is 0 Å². The number of halogens is 1. The quantitative estimate of drug-likeness (QED) is 0.862. The third-order valence-electron chi connectivity index (χ3n) is 3.93. The van der Waals surface area contributed by atoms with E-state index >= 15 is 0 Å². The summed E-state index contributed by atoms with van der Waals surface area (Å²) < 4.78 is 0. The number of anilines is 1. The molecule has 106 valence electrons. The van der Waals surface area contributed by atoms with Crippen LogP contribution in [0.15, 0.2) is 18.2 Å². The van der Waals surface area contributed by atoms with Crippen molar-refractivity contribution in [3.63, 3.8) is 0 Å². The third-order valence-corrected chi connectivity index (χ3v) is 4.28. The number of nitrogens with two attached hydrogens (primary N) is 1. The predicted octanol–water partition coefficient (Wildman–Crippen LogP) is 2.70. The normalized spacial score (nSPS) is 18.1. The highest BCUT2D eigenvalue weighted by molar-refractivity contribution is 6.31. The Morgan fingerprint density at radius 1 is 1.37 bits per heavy atom. The first kappa shape index (κ1) is 14.6. The van der Waals surface area contributed by atoms with Crippen LogP contribution in [0.5, 0.6) is 0 Å². The second-order valence-corrected chi connectivity index (χ2v) is 6.20. The lowest BCUT2D eigenvalue weighted by molar-refractivity contribution is 0.173. The van der Waals surface area contributed by atoms with Crippen LogP contribution < -0.4 is 5.73 Å². The first-order valence-electron chi connectivity index (χ1n) is 6.95. The molecule has 3 nitrogen and oxygen atoms in total. The van der Waals surface area contributed by atoms with Crippen molar-refractivity contribution < 1.29 is 0 Å². The SMILES string of the molecule is CN1CCC(CN(C)Cc2ccc(N)cc2Cl)CC1. The molecule has 0 aromatic heterocycles. The Kier molecular flexibility index (Phi) is 5.08. The fraction of sp³-hybridized carbons (Fsp3) is 0.600. The summed E-state index contributed by atoms with van der Waals surface area (Å²) in [6, 6.07) is 5.79. The highest BCUT2D eigenvalue weighted by Gasteiger charge is 2.18. The first-order valence-corrected chi connectivity index (χ1v) is 7.33. The van der Waals surface area contributed by atoms with Gasteiger partial charge in [0.25, 0.3) is 0 Å². The van der Waals surface area contributed by atoms with E-state index in [-0.39, 0.29) is 0 Å². The summed E-state index contributed by atoms with van der Waals surface area (Å²) in [5.41, 5.74) is 7.61. The molecule has 0 saturated carbocycles. The monoisotopic (exact) mass is 281 g/mol. The van der Waals surface area contributed by atoms with Crippen LogP contribution in [0.2, 0.25) is 5.02 Å². The molecule has 0 bridgehead atoms. The minimum absolute atomic E-state index is 0.728. The number of nitrogens with zero attached hydrogens (tertiary/aromatic N) is 2. The maximum absolute atomic E-state index is 6.22. The van der Waals surface area contributed by atoms with Gasteiger partial charge in [-0.15, -0.1) is 0 Å². The molecule has 0 amide bonds. The van der Waals surface area contributed by atoms with Gasteiger partial charge in [0, 0.05) is 23.8 Å². The standard InChI is InChI=1S/C15H24ClN3/c1-18-7-5-12(6-8-18)10-19(2)11-13-3-4-14(17)9-15(13)16/h3-4,9,12H,5-8,10-11,17H2,1-2H3. The fourth-order valence-electron chi connectivity index (χ4n) is 2.73. The van der Waals surface area contributed by atoms with E-state index in [1.807, 2.05) is 18.2 Å². The highest BCUT2D eigenvalue weighted by atomic mass is 35.5. The van der Waals surface area contributed by atoms with E-state index in [1.165, 1.54) is 25.9 Å². The zero-order chi connectivity index (χ0) is 13.8. The molecule has 1 fully saturated rings. The van der Waals surface area contributed by atoms with Crippen LogP contribution in [0.3, 0.4) is 0 Å². The van der Waals surface area contributed by atoms with Gasteiger partial charge >= 0.3 is 0 Å². The molecule has 0 atom stereocenters. The lowest BCUT2D eigenvalue weighted by Gasteiger charge is -2.31. The van der Waals surface area contributed by atoms with Gasteiger partial charge in [0.1, 0.15) is 0 Å². The number of hydrogen-bond donors (Lipinski definition) is 1. The lowest BCUT2D eigenvalue weighted by atomic mass is 9.96. The zero-order valence-corrected chi connectivity index (χ0v) is 12.7. The Labute approximate surface area is 121 Å². The van der Waals surface area contributed by atoms with E-state index < -0.39 is 0 Å². The summed E-state index contributed by atoms with van der Waals surface area (Å²) in [6.45, 7) is 4.49. The van der Waals surface area contributed by atoms with Gasteiger partial charge in [-0.05, 0) is 63.6 Å². The maximum atomic E-state index is 6.22. The average molecular weight is 282 g/mol. The van der Waals surface area contributed by atoms with E-state index in [1.54, 1.807) is 0 Å². The second kappa shape index (κ2) is 6.60. The molecule has 1 aliphatic rings. The van der Waals surface area contributed by atoms with Crippen LogP contribution in [-0.2, 0) is 6.54 Å². The Balaban J connectivity index is 1.85. The van der Waals surface area contributed by atoms with Crippen molar-refractivity contribution in [3.05, 3.63) is 28.8 Å². The minimum Gasteiger partial charge on any atom is -0.399 e. The molecule has 19 heavy (non-hydrogen) atoms. The molecule has 2 rings (SSSR count). The van der Waals surface area contributed by atoms with Crippen molar-refractivity contribution in [2.24, 2.45) is 5.92 Å². The van der Waals surface area contributed by atoms with E-state index in [0.29, 0.717) is 0 Å². The molecule has 2 N–H and O–H groups in total. The Morgan fingerprint density at radius 3 is 2.68 bits per heavy atom. The number of benzene rings is 1. The number of likely N-dealkylation sites (tertiary alicyclic amines) is 1. The van der Waals surface area contributed by atoms with Crippen molar-refractivity contribution in [1.29, 1.82) is 0 Å². The molecule has 1 heterocycles. The third kappa shape index (κ3) is 4.37. The Morgan fingerprint density at radius 2 is 2.05 bits per heavy atom. The molecular weight excluding hydrogens is 258 g/mol. The molecule has 0 radical (unpaired) electrons. The van der Waals surface area contributed by atoms with Crippen LogP contribution in [0.4, 0.5) is 5.69 Å². The number of rotatable bonds is 4. The summed E-state index contributed by atoms with van der Waals surface area (Å²) in [6.07, 6.45) is 2.60. The molecule has 0 unspecified atom stereocenters. The Hall–Kier alpha value is -0.770. The summed E-state index contributed by atoms with van der Waals surface area (Å²) in [4.78, 5) is 4.78. The summed E-state index contributed by atoms with van der Waals surface area (Å²) >= 11 is 6.22. The summed E-state index contributed by atoms with van der Waals surface area (Å²) in [5, 5.41) is 0.773. The smallest absolute Gasteiger partial charge is 0.0471 e. The van der Waals surface area contributed by atoms with Crippen molar-refractivity contribution >= 4 is 17.3 Å². The zero-order valence-electron chi connectivity index (χ0n) is 11.9. The van der Waals surface area contributed by atoms with Crippen LogP contribution in [0, 0.1) is 5.92 Å². The first-order chi connectivity index (χ1) is 9.04. The average Bonchev–Trinajstić information content (AvgIpc) is 2.36. The van der Waals surface area contributed by atoms with Gasteiger partial charge in [0.05, 0.1) is 0 Å². The van der Waals surface area contributed by atoms with Crippen LogP contribution in [-0.4, -0.2) is 43.5 Å². The van der Waals surface area contributed by atoms with Gasteiger partial charge in [0.15, 0.2) is 0 Å². The molecule has 0 spiro atoms. The molecule has 1 aromatic rings. The minimum atomic E-state index is 0.728. The molecule has 1 aliphatic heterocycles.